The molecule has 0 saturated carbocycles. The summed E-state index contributed by atoms with van der Waals surface area (Å²) in [6.45, 7) is 1.68. The molecule has 0 aliphatic rings. The average Bonchev–Trinajstić information content (AvgIpc) is 2.78. The van der Waals surface area contributed by atoms with E-state index in [-0.39, 0.29) is 4.21 Å². The van der Waals surface area contributed by atoms with Crippen LogP contribution >= 0.6 is 11.3 Å². The van der Waals surface area contributed by atoms with Gasteiger partial charge in [0.1, 0.15) is 9.90 Å². The van der Waals surface area contributed by atoms with Crippen molar-refractivity contribution in [3.63, 3.8) is 0 Å². The third-order valence-electron chi connectivity index (χ3n) is 2.46. The van der Waals surface area contributed by atoms with Crippen LogP contribution in [0.5, 0.6) is 0 Å². The Morgan fingerprint density at radius 3 is 2.48 bits per heavy atom. The molecule has 0 aliphatic heterocycles. The Labute approximate surface area is 121 Å². The molecule has 2 heterocycles. The predicted molar refractivity (Wildman–Crippen MR) is 71.9 cm³/mol. The van der Waals surface area contributed by atoms with Crippen LogP contribution < -0.4 is 10.3 Å². The van der Waals surface area contributed by atoms with Gasteiger partial charge in [-0.05, 0) is 25.1 Å². The van der Waals surface area contributed by atoms with E-state index in [0.717, 1.165) is 11.3 Å². The van der Waals surface area contributed by atoms with E-state index in [2.05, 4.69) is 0 Å². The van der Waals surface area contributed by atoms with E-state index >= 15 is 0 Å². The second kappa shape index (κ2) is 5.19. The van der Waals surface area contributed by atoms with Crippen molar-refractivity contribution in [3.05, 3.63) is 45.2 Å². The van der Waals surface area contributed by atoms with E-state index in [4.69, 9.17) is 0 Å². The zero-order chi connectivity index (χ0) is 15.8. The van der Waals surface area contributed by atoms with Gasteiger partial charge in [0.15, 0.2) is 0 Å². The first-order chi connectivity index (χ1) is 9.59. The highest BCUT2D eigenvalue weighted by atomic mass is 32.2. The van der Waals surface area contributed by atoms with Crippen molar-refractivity contribution in [3.8, 4) is 0 Å². The maximum Gasteiger partial charge on any atom is 0.417 e. The average molecular weight is 338 g/mol. The summed E-state index contributed by atoms with van der Waals surface area (Å²) < 4.78 is 63.5. The Morgan fingerprint density at radius 1 is 1.29 bits per heavy atom. The number of aromatic nitrogens is 1. The molecular formula is C11H9F3N2O3S2. The molecule has 10 heteroatoms. The Balaban J connectivity index is 2.42. The molecule has 0 atom stereocenters. The van der Waals surface area contributed by atoms with Gasteiger partial charge in [-0.3, -0.25) is 9.52 Å². The fraction of sp³-hybridized carbons (Fsp3) is 0.182. The third-order valence-corrected chi connectivity index (χ3v) is 5.31. The van der Waals surface area contributed by atoms with E-state index < -0.39 is 33.0 Å². The fourth-order valence-electron chi connectivity index (χ4n) is 1.47. The molecule has 0 spiro atoms. The number of H-pyrrole nitrogens is 1. The number of pyridine rings is 1. The monoisotopic (exact) mass is 338 g/mol. The Hall–Kier alpha value is -1.81. The van der Waals surface area contributed by atoms with Gasteiger partial charge < -0.3 is 4.98 Å². The molecule has 114 valence electrons. The molecule has 0 fully saturated rings. The van der Waals surface area contributed by atoms with Gasteiger partial charge in [0, 0.05) is 11.1 Å². The zero-order valence-corrected chi connectivity index (χ0v) is 12.1. The number of sulfonamides is 1. The first kappa shape index (κ1) is 15.6. The number of nitrogens with one attached hydrogen (secondary N) is 2. The lowest BCUT2D eigenvalue weighted by atomic mass is 10.2. The van der Waals surface area contributed by atoms with Gasteiger partial charge in [-0.15, -0.1) is 11.3 Å². The van der Waals surface area contributed by atoms with Crippen molar-refractivity contribution in [1.82, 2.24) is 4.98 Å². The topological polar surface area (TPSA) is 79.0 Å². The number of anilines is 1. The van der Waals surface area contributed by atoms with Gasteiger partial charge in [0.25, 0.3) is 15.6 Å². The molecule has 0 radical (unpaired) electrons. The summed E-state index contributed by atoms with van der Waals surface area (Å²) >= 11 is 0.945. The quantitative estimate of drug-likeness (QED) is 0.903. The lowest BCUT2D eigenvalue weighted by molar-refractivity contribution is -0.137. The molecule has 5 nitrogen and oxygen atoms in total. The van der Waals surface area contributed by atoms with Crippen LogP contribution in [0.25, 0.3) is 0 Å². The number of hydrogen-bond donors (Lipinski definition) is 2. The molecule has 0 bridgehead atoms. The zero-order valence-electron chi connectivity index (χ0n) is 10.5. The summed E-state index contributed by atoms with van der Waals surface area (Å²) in [7, 11) is -4.10. The number of aromatic amines is 1. The van der Waals surface area contributed by atoms with Gasteiger partial charge in [0.2, 0.25) is 0 Å². The normalized spacial score (nSPS) is 12.4. The number of thiophene rings is 1. The summed E-state index contributed by atoms with van der Waals surface area (Å²) in [4.78, 5) is 14.0. The number of hydrogen-bond acceptors (Lipinski definition) is 4. The fourth-order valence-corrected chi connectivity index (χ4v) is 3.81. The molecule has 2 aromatic rings. The maximum absolute atomic E-state index is 12.6. The van der Waals surface area contributed by atoms with Crippen molar-refractivity contribution >= 4 is 27.0 Å². The molecule has 2 N–H and O–H groups in total. The SMILES string of the molecule is Cc1ccc(S(=O)(=O)Nc2cc(C(F)(F)F)c[nH]c2=O)s1. The van der Waals surface area contributed by atoms with Crippen LogP contribution in [-0.4, -0.2) is 13.4 Å². The van der Waals surface area contributed by atoms with Gasteiger partial charge >= 0.3 is 6.18 Å². The van der Waals surface area contributed by atoms with Crippen LogP contribution in [-0.2, 0) is 16.2 Å². The molecule has 0 amide bonds. The highest BCUT2D eigenvalue weighted by Crippen LogP contribution is 2.30. The van der Waals surface area contributed by atoms with Crippen molar-refractivity contribution in [2.45, 2.75) is 17.3 Å². The largest absolute Gasteiger partial charge is 0.417 e. The van der Waals surface area contributed by atoms with Crippen LogP contribution in [0.3, 0.4) is 0 Å². The van der Waals surface area contributed by atoms with Gasteiger partial charge in [-0.1, -0.05) is 0 Å². The summed E-state index contributed by atoms with van der Waals surface area (Å²) in [5.74, 6) is 0. The van der Waals surface area contributed by atoms with Crippen LogP contribution in [0.4, 0.5) is 18.9 Å². The summed E-state index contributed by atoms with van der Waals surface area (Å²) in [5.41, 5.74) is -2.79. The first-order valence-electron chi connectivity index (χ1n) is 5.49. The number of rotatable bonds is 3. The number of aryl methyl sites for hydroxylation is 1. The molecule has 21 heavy (non-hydrogen) atoms. The Morgan fingerprint density at radius 2 is 1.95 bits per heavy atom. The minimum Gasteiger partial charge on any atom is -0.327 e. The summed E-state index contributed by atoms with van der Waals surface area (Å²) in [6, 6.07) is 3.32. The molecule has 2 aromatic heterocycles. The van der Waals surface area contributed by atoms with Crippen LogP contribution in [0.2, 0.25) is 0 Å². The van der Waals surface area contributed by atoms with Crippen LogP contribution in [0.1, 0.15) is 10.4 Å². The molecule has 0 aliphatic carbocycles. The smallest absolute Gasteiger partial charge is 0.327 e. The van der Waals surface area contributed by atoms with E-state index in [0.29, 0.717) is 17.1 Å². The standard InChI is InChI=1S/C11H9F3N2O3S2/c1-6-2-3-9(20-6)21(18,19)16-8-4-7(11(12,13)14)5-15-10(8)17/h2-5,16H,1H3,(H,15,17). The second-order valence-electron chi connectivity index (χ2n) is 4.10. The van der Waals surface area contributed by atoms with Crippen molar-refractivity contribution in [1.29, 1.82) is 0 Å². The van der Waals surface area contributed by atoms with E-state index in [1.807, 2.05) is 9.71 Å². The van der Waals surface area contributed by atoms with Crippen molar-refractivity contribution in [2.24, 2.45) is 0 Å². The molecule has 0 saturated heterocycles. The van der Waals surface area contributed by atoms with E-state index in [9.17, 15) is 26.4 Å². The molecule has 0 aromatic carbocycles. The molecular weight excluding hydrogens is 329 g/mol. The second-order valence-corrected chi connectivity index (χ2v) is 7.30. The van der Waals surface area contributed by atoms with Gasteiger partial charge in [-0.25, -0.2) is 8.42 Å². The summed E-state index contributed by atoms with van der Waals surface area (Å²) in [6.07, 6.45) is -4.21. The lowest BCUT2D eigenvalue weighted by Gasteiger charge is -2.09. The van der Waals surface area contributed by atoms with Gasteiger partial charge in [0.05, 0.1) is 5.56 Å². The molecule has 2 rings (SSSR count). The van der Waals surface area contributed by atoms with E-state index in [1.165, 1.54) is 6.07 Å². The molecule has 0 unspecified atom stereocenters. The lowest BCUT2D eigenvalue weighted by Crippen LogP contribution is -2.21. The summed E-state index contributed by atoms with van der Waals surface area (Å²) in [5, 5.41) is 0. The minimum atomic E-state index is -4.69. The van der Waals surface area contributed by atoms with E-state index in [1.54, 1.807) is 13.0 Å². The minimum absolute atomic E-state index is 0.0863. The number of halogens is 3. The number of alkyl halides is 3. The predicted octanol–water partition coefficient (Wildman–Crippen LogP) is 2.56. The van der Waals surface area contributed by atoms with Gasteiger partial charge in [-0.2, -0.15) is 13.2 Å². The highest BCUT2D eigenvalue weighted by molar-refractivity contribution is 7.94. The Kier molecular flexibility index (Phi) is 3.85. The highest BCUT2D eigenvalue weighted by Gasteiger charge is 2.32. The van der Waals surface area contributed by atoms with Crippen LogP contribution in [0, 0.1) is 6.92 Å². The Bertz CT molecular complexity index is 822. The van der Waals surface area contributed by atoms with Crippen molar-refractivity contribution in [2.75, 3.05) is 4.72 Å². The first-order valence-corrected chi connectivity index (χ1v) is 7.79. The third kappa shape index (κ3) is 3.45. The van der Waals surface area contributed by atoms with Crippen molar-refractivity contribution < 1.29 is 21.6 Å². The van der Waals surface area contributed by atoms with Crippen LogP contribution in [0.15, 0.2) is 33.4 Å². The maximum atomic E-state index is 12.6.